The minimum atomic E-state index is -0.189. The van der Waals surface area contributed by atoms with Gasteiger partial charge in [0.25, 0.3) is 0 Å². The van der Waals surface area contributed by atoms with Gasteiger partial charge in [0.2, 0.25) is 0 Å². The third-order valence-electron chi connectivity index (χ3n) is 2.37. The van der Waals surface area contributed by atoms with Gasteiger partial charge < -0.3 is 10.2 Å². The van der Waals surface area contributed by atoms with Gasteiger partial charge in [-0.1, -0.05) is 32.0 Å². The van der Waals surface area contributed by atoms with Crippen molar-refractivity contribution < 1.29 is 4.39 Å². The minimum absolute atomic E-state index is 0.189. The maximum atomic E-state index is 13.4. The molecule has 0 radical (unpaired) electrons. The number of nitrogens with zero attached hydrogens (tertiary/aromatic N) is 1. The van der Waals surface area contributed by atoms with E-state index in [1.54, 1.807) is 12.1 Å². The van der Waals surface area contributed by atoms with Gasteiger partial charge in [-0.05, 0) is 24.2 Å². The molecule has 1 rings (SSSR count). The Bertz CT molecular complexity index is 379. The van der Waals surface area contributed by atoms with Gasteiger partial charge in [0, 0.05) is 25.7 Å². The fourth-order valence-electron chi connectivity index (χ4n) is 1.38. The zero-order chi connectivity index (χ0) is 12.8. The highest BCUT2D eigenvalue weighted by molar-refractivity contribution is 7.80. The largest absolute Gasteiger partial charge is 0.362 e. The van der Waals surface area contributed by atoms with Gasteiger partial charge >= 0.3 is 0 Å². The van der Waals surface area contributed by atoms with Crippen molar-refractivity contribution >= 4 is 17.3 Å². The van der Waals surface area contributed by atoms with E-state index in [1.165, 1.54) is 6.07 Å². The van der Waals surface area contributed by atoms with Crippen LogP contribution < -0.4 is 5.32 Å². The molecule has 0 saturated carbocycles. The molecule has 0 bridgehead atoms. The predicted octanol–water partition coefficient (Wildman–Crippen LogP) is 2.79. The molecule has 0 aliphatic carbocycles. The van der Waals surface area contributed by atoms with Gasteiger partial charge in [0.15, 0.2) is 5.11 Å². The average molecular weight is 254 g/mol. The number of rotatable bonds is 4. The zero-order valence-electron chi connectivity index (χ0n) is 10.5. The normalized spacial score (nSPS) is 10.4. The maximum absolute atomic E-state index is 13.4. The van der Waals surface area contributed by atoms with Gasteiger partial charge in [0.05, 0.1) is 0 Å². The molecule has 1 aromatic rings. The molecule has 94 valence electrons. The Labute approximate surface area is 108 Å². The summed E-state index contributed by atoms with van der Waals surface area (Å²) in [5.74, 6) is 0.348. The van der Waals surface area contributed by atoms with Gasteiger partial charge in [-0.15, -0.1) is 0 Å². The lowest BCUT2D eigenvalue weighted by atomic mass is 10.2. The van der Waals surface area contributed by atoms with Crippen molar-refractivity contribution in [3.8, 4) is 0 Å². The Kier molecular flexibility index (Phi) is 5.35. The second-order valence-corrected chi connectivity index (χ2v) is 4.91. The van der Waals surface area contributed by atoms with Crippen LogP contribution in [0.1, 0.15) is 19.4 Å². The molecular formula is C13H19FN2S. The molecule has 0 unspecified atom stereocenters. The number of benzene rings is 1. The highest BCUT2D eigenvalue weighted by atomic mass is 32.1. The molecule has 17 heavy (non-hydrogen) atoms. The van der Waals surface area contributed by atoms with Crippen LogP contribution in [0.2, 0.25) is 0 Å². The monoisotopic (exact) mass is 254 g/mol. The van der Waals surface area contributed by atoms with E-state index in [4.69, 9.17) is 12.2 Å². The van der Waals surface area contributed by atoms with Crippen LogP contribution in [-0.4, -0.2) is 23.6 Å². The third-order valence-corrected chi connectivity index (χ3v) is 2.83. The van der Waals surface area contributed by atoms with Crippen LogP contribution in [0.4, 0.5) is 4.39 Å². The molecule has 0 amide bonds. The van der Waals surface area contributed by atoms with E-state index in [9.17, 15) is 4.39 Å². The second-order valence-electron chi connectivity index (χ2n) is 4.53. The van der Waals surface area contributed by atoms with Gasteiger partial charge in [-0.25, -0.2) is 4.39 Å². The lowest BCUT2D eigenvalue weighted by Gasteiger charge is -2.22. The first-order valence-corrected chi connectivity index (χ1v) is 6.14. The predicted molar refractivity (Wildman–Crippen MR) is 73.3 cm³/mol. The third kappa shape index (κ3) is 4.69. The molecule has 2 nitrogen and oxygen atoms in total. The smallest absolute Gasteiger partial charge is 0.168 e. The molecule has 0 atom stereocenters. The van der Waals surface area contributed by atoms with Crippen molar-refractivity contribution in [2.24, 2.45) is 5.92 Å². The highest BCUT2D eigenvalue weighted by Gasteiger charge is 2.08. The quantitative estimate of drug-likeness (QED) is 0.832. The Morgan fingerprint density at radius 1 is 1.41 bits per heavy atom. The van der Waals surface area contributed by atoms with Crippen molar-refractivity contribution in [1.29, 1.82) is 0 Å². The van der Waals surface area contributed by atoms with Crippen LogP contribution in [0.5, 0.6) is 0 Å². The van der Waals surface area contributed by atoms with E-state index in [0.29, 0.717) is 23.1 Å². The lowest BCUT2D eigenvalue weighted by Crippen LogP contribution is -2.38. The first-order valence-electron chi connectivity index (χ1n) is 5.73. The summed E-state index contributed by atoms with van der Waals surface area (Å²) >= 11 is 5.23. The molecule has 0 spiro atoms. The van der Waals surface area contributed by atoms with Crippen LogP contribution >= 0.6 is 12.2 Å². The maximum Gasteiger partial charge on any atom is 0.168 e. The molecule has 0 saturated heterocycles. The van der Waals surface area contributed by atoms with Gasteiger partial charge in [-0.3, -0.25) is 0 Å². The first kappa shape index (κ1) is 13.9. The topological polar surface area (TPSA) is 15.3 Å². The summed E-state index contributed by atoms with van der Waals surface area (Å²) in [6.07, 6.45) is 0. The van der Waals surface area contributed by atoms with Crippen molar-refractivity contribution in [2.75, 3.05) is 13.6 Å². The second kappa shape index (κ2) is 6.55. The van der Waals surface area contributed by atoms with E-state index in [2.05, 4.69) is 19.2 Å². The average Bonchev–Trinajstić information content (AvgIpc) is 2.28. The highest BCUT2D eigenvalue weighted by Crippen LogP contribution is 2.08. The first-order chi connectivity index (χ1) is 8.00. The van der Waals surface area contributed by atoms with Crippen molar-refractivity contribution in [2.45, 2.75) is 20.4 Å². The summed E-state index contributed by atoms with van der Waals surface area (Å²) in [6.45, 7) is 5.55. The van der Waals surface area contributed by atoms with Crippen LogP contribution in [0, 0.1) is 11.7 Å². The molecule has 1 N–H and O–H groups in total. The van der Waals surface area contributed by atoms with E-state index in [1.807, 2.05) is 18.0 Å². The number of nitrogens with one attached hydrogen (secondary N) is 1. The Hall–Kier alpha value is -1.16. The van der Waals surface area contributed by atoms with Crippen LogP contribution in [0.25, 0.3) is 0 Å². The zero-order valence-corrected chi connectivity index (χ0v) is 11.4. The van der Waals surface area contributed by atoms with E-state index < -0.39 is 0 Å². The van der Waals surface area contributed by atoms with Crippen molar-refractivity contribution in [3.63, 3.8) is 0 Å². The standard InChI is InChI=1S/C13H19FN2S/c1-10(2)8-15-13(17)16(3)9-11-6-4-5-7-12(11)14/h4-7,10H,8-9H2,1-3H3,(H,15,17). The number of hydrogen-bond acceptors (Lipinski definition) is 1. The van der Waals surface area contributed by atoms with Gasteiger partial charge in [-0.2, -0.15) is 0 Å². The van der Waals surface area contributed by atoms with E-state index >= 15 is 0 Å². The molecule has 0 aliphatic heterocycles. The van der Waals surface area contributed by atoms with E-state index in [0.717, 1.165) is 6.54 Å². The number of halogens is 1. The molecule has 0 fully saturated rings. The molecule has 4 heteroatoms. The molecule has 1 aromatic carbocycles. The van der Waals surface area contributed by atoms with E-state index in [-0.39, 0.29) is 5.82 Å². The van der Waals surface area contributed by atoms with Crippen molar-refractivity contribution in [3.05, 3.63) is 35.6 Å². The van der Waals surface area contributed by atoms with Crippen LogP contribution in [-0.2, 0) is 6.54 Å². The summed E-state index contributed by atoms with van der Waals surface area (Å²) in [5.41, 5.74) is 0.656. The summed E-state index contributed by atoms with van der Waals surface area (Å²) in [4.78, 5) is 1.84. The van der Waals surface area contributed by atoms with Crippen LogP contribution in [0.15, 0.2) is 24.3 Å². The summed E-state index contributed by atoms with van der Waals surface area (Å²) < 4.78 is 13.4. The summed E-state index contributed by atoms with van der Waals surface area (Å²) in [7, 11) is 1.86. The van der Waals surface area contributed by atoms with Crippen molar-refractivity contribution in [1.82, 2.24) is 10.2 Å². The Balaban J connectivity index is 2.51. The molecule has 0 aliphatic rings. The number of thiocarbonyl (C=S) groups is 1. The molecule has 0 heterocycles. The number of hydrogen-bond donors (Lipinski definition) is 1. The fraction of sp³-hybridized carbons (Fsp3) is 0.462. The summed E-state index contributed by atoms with van der Waals surface area (Å²) in [5, 5.41) is 3.81. The SMILES string of the molecule is CC(C)CNC(=S)N(C)Cc1ccccc1F. The van der Waals surface area contributed by atoms with Gasteiger partial charge in [0.1, 0.15) is 5.82 Å². The molecular weight excluding hydrogens is 235 g/mol. The Morgan fingerprint density at radius 3 is 2.65 bits per heavy atom. The lowest BCUT2D eigenvalue weighted by molar-refractivity contribution is 0.464. The van der Waals surface area contributed by atoms with Crippen LogP contribution in [0.3, 0.4) is 0 Å². The Morgan fingerprint density at radius 2 is 2.06 bits per heavy atom. The molecule has 0 aromatic heterocycles. The fourth-order valence-corrected chi connectivity index (χ4v) is 1.53. The minimum Gasteiger partial charge on any atom is -0.362 e. The summed E-state index contributed by atoms with van der Waals surface area (Å²) in [6, 6.07) is 6.76.